The minimum Gasteiger partial charge on any atom is -0.377 e. The number of alkyl halides is 1. The lowest BCUT2D eigenvalue weighted by molar-refractivity contribution is -0.127. The highest BCUT2D eigenvalue weighted by Gasteiger charge is 2.54. The average Bonchev–Trinajstić information content (AvgIpc) is 2.35. The van der Waals surface area contributed by atoms with E-state index in [4.69, 9.17) is 4.74 Å². The third-order valence-corrected chi connectivity index (χ3v) is 6.12. The lowest BCUT2D eigenvalue weighted by Crippen LogP contribution is -2.56. The summed E-state index contributed by atoms with van der Waals surface area (Å²) in [6, 6.07) is 0. The van der Waals surface area contributed by atoms with Gasteiger partial charge >= 0.3 is 0 Å². The quantitative estimate of drug-likeness (QED) is 0.655. The molecule has 0 N–H and O–H groups in total. The largest absolute Gasteiger partial charge is 0.377 e. The Bertz CT molecular complexity index is 235. The summed E-state index contributed by atoms with van der Waals surface area (Å²) in [6.45, 7) is 5.55. The van der Waals surface area contributed by atoms with Crippen molar-refractivity contribution in [3.63, 3.8) is 0 Å². The zero-order valence-electron chi connectivity index (χ0n) is 11.4. The molecule has 1 nitrogen and oxygen atoms in total. The second-order valence-corrected chi connectivity index (χ2v) is 7.32. The van der Waals surface area contributed by atoms with Crippen LogP contribution in [-0.4, -0.2) is 17.5 Å². The SMILES string of the molecule is CCCC(C)COC1CC(Br)C12CCCCC2. The van der Waals surface area contributed by atoms with E-state index in [0.29, 0.717) is 11.5 Å². The molecule has 2 aliphatic rings. The minimum atomic E-state index is 0.504. The molecule has 3 atom stereocenters. The third-order valence-electron chi connectivity index (χ3n) is 4.83. The van der Waals surface area contributed by atoms with Gasteiger partial charge in [-0.25, -0.2) is 0 Å². The predicted octanol–water partition coefficient (Wildman–Crippen LogP) is 4.93. The normalized spacial score (nSPS) is 33.4. The summed E-state index contributed by atoms with van der Waals surface area (Å²) in [5, 5.41) is 0. The van der Waals surface area contributed by atoms with E-state index < -0.39 is 0 Å². The summed E-state index contributed by atoms with van der Waals surface area (Å²) < 4.78 is 6.23. The van der Waals surface area contributed by atoms with E-state index in [2.05, 4.69) is 29.8 Å². The fraction of sp³-hybridized carbons (Fsp3) is 1.00. The Morgan fingerprint density at radius 2 is 2.00 bits per heavy atom. The van der Waals surface area contributed by atoms with Gasteiger partial charge in [0.25, 0.3) is 0 Å². The number of ether oxygens (including phenoxy) is 1. The molecule has 2 heteroatoms. The molecule has 0 bridgehead atoms. The Kier molecular flexibility index (Phi) is 4.94. The fourth-order valence-corrected chi connectivity index (χ4v) is 4.73. The maximum Gasteiger partial charge on any atom is 0.0653 e. The Hall–Kier alpha value is 0.440. The van der Waals surface area contributed by atoms with Gasteiger partial charge in [-0.1, -0.05) is 55.5 Å². The Morgan fingerprint density at radius 3 is 2.59 bits per heavy atom. The number of rotatable bonds is 5. The molecule has 0 heterocycles. The highest BCUT2D eigenvalue weighted by atomic mass is 79.9. The van der Waals surface area contributed by atoms with E-state index in [1.165, 1.54) is 51.4 Å². The highest BCUT2D eigenvalue weighted by molar-refractivity contribution is 9.09. The maximum absolute atomic E-state index is 6.23. The van der Waals surface area contributed by atoms with Gasteiger partial charge < -0.3 is 4.74 Å². The molecule has 17 heavy (non-hydrogen) atoms. The molecule has 0 saturated heterocycles. The van der Waals surface area contributed by atoms with E-state index >= 15 is 0 Å². The second kappa shape index (κ2) is 6.06. The summed E-state index contributed by atoms with van der Waals surface area (Å²) in [5.74, 6) is 0.731. The van der Waals surface area contributed by atoms with Crippen molar-refractivity contribution in [1.29, 1.82) is 0 Å². The van der Waals surface area contributed by atoms with Crippen molar-refractivity contribution >= 4 is 15.9 Å². The summed E-state index contributed by atoms with van der Waals surface area (Å²) in [6.07, 6.45) is 11.4. The van der Waals surface area contributed by atoms with Gasteiger partial charge in [-0.3, -0.25) is 0 Å². The zero-order valence-corrected chi connectivity index (χ0v) is 13.0. The van der Waals surface area contributed by atoms with Crippen LogP contribution in [0.15, 0.2) is 0 Å². The summed E-state index contributed by atoms with van der Waals surface area (Å²) in [7, 11) is 0. The van der Waals surface area contributed by atoms with E-state index in [0.717, 1.165) is 17.4 Å². The van der Waals surface area contributed by atoms with Crippen LogP contribution in [0.25, 0.3) is 0 Å². The van der Waals surface area contributed by atoms with Crippen LogP contribution in [0.5, 0.6) is 0 Å². The van der Waals surface area contributed by atoms with Crippen molar-refractivity contribution in [2.75, 3.05) is 6.61 Å². The molecule has 0 radical (unpaired) electrons. The molecular formula is C15H27BrO. The minimum absolute atomic E-state index is 0.504. The van der Waals surface area contributed by atoms with E-state index in [-0.39, 0.29) is 0 Å². The van der Waals surface area contributed by atoms with Crippen molar-refractivity contribution in [2.24, 2.45) is 11.3 Å². The monoisotopic (exact) mass is 302 g/mol. The molecule has 2 aliphatic carbocycles. The van der Waals surface area contributed by atoms with Gasteiger partial charge in [0.15, 0.2) is 0 Å². The fourth-order valence-electron chi connectivity index (χ4n) is 3.63. The van der Waals surface area contributed by atoms with Gasteiger partial charge in [0, 0.05) is 16.8 Å². The Morgan fingerprint density at radius 1 is 1.29 bits per heavy atom. The van der Waals surface area contributed by atoms with Gasteiger partial charge in [0.05, 0.1) is 6.10 Å². The summed E-state index contributed by atoms with van der Waals surface area (Å²) in [4.78, 5) is 0.724. The molecule has 2 rings (SSSR count). The van der Waals surface area contributed by atoms with Crippen LogP contribution < -0.4 is 0 Å². The van der Waals surface area contributed by atoms with Crippen LogP contribution in [0.3, 0.4) is 0 Å². The van der Waals surface area contributed by atoms with E-state index in [1.807, 2.05) is 0 Å². The van der Waals surface area contributed by atoms with Crippen LogP contribution in [0.1, 0.15) is 65.2 Å². The van der Waals surface area contributed by atoms with Gasteiger partial charge in [-0.2, -0.15) is 0 Å². The average molecular weight is 303 g/mol. The first-order chi connectivity index (χ1) is 8.19. The number of halogens is 1. The van der Waals surface area contributed by atoms with Crippen LogP contribution in [0, 0.1) is 11.3 Å². The molecule has 2 saturated carbocycles. The molecule has 0 aliphatic heterocycles. The molecule has 2 fully saturated rings. The van der Waals surface area contributed by atoms with Gasteiger partial charge in [0.1, 0.15) is 0 Å². The first-order valence-corrected chi connectivity index (χ1v) is 8.36. The highest BCUT2D eigenvalue weighted by Crippen LogP contribution is 2.56. The molecule has 0 aromatic carbocycles. The van der Waals surface area contributed by atoms with Crippen molar-refractivity contribution < 1.29 is 4.74 Å². The van der Waals surface area contributed by atoms with Crippen molar-refractivity contribution in [3.05, 3.63) is 0 Å². The van der Waals surface area contributed by atoms with E-state index in [1.54, 1.807) is 0 Å². The molecule has 0 aromatic heterocycles. The van der Waals surface area contributed by atoms with Gasteiger partial charge in [-0.15, -0.1) is 0 Å². The molecule has 0 aromatic rings. The number of hydrogen-bond acceptors (Lipinski definition) is 1. The van der Waals surface area contributed by atoms with Crippen molar-refractivity contribution in [2.45, 2.75) is 76.1 Å². The van der Waals surface area contributed by atoms with E-state index in [9.17, 15) is 0 Å². The Labute approximate surface area is 115 Å². The van der Waals surface area contributed by atoms with Crippen LogP contribution >= 0.6 is 15.9 Å². The van der Waals surface area contributed by atoms with Gasteiger partial charge in [0.2, 0.25) is 0 Å². The summed E-state index contributed by atoms with van der Waals surface area (Å²) in [5.41, 5.74) is 0.504. The topological polar surface area (TPSA) is 9.23 Å². The lowest BCUT2D eigenvalue weighted by atomic mass is 9.58. The first-order valence-electron chi connectivity index (χ1n) is 7.44. The molecule has 3 unspecified atom stereocenters. The van der Waals surface area contributed by atoms with Crippen LogP contribution in [-0.2, 0) is 4.74 Å². The predicted molar refractivity (Wildman–Crippen MR) is 76.7 cm³/mol. The standard InChI is InChI=1S/C15H27BrO/c1-3-7-12(2)11-17-14-10-13(16)15(14)8-5-4-6-9-15/h12-14H,3-11H2,1-2H3. The first kappa shape index (κ1) is 13.9. The molecule has 100 valence electrons. The second-order valence-electron chi connectivity index (χ2n) is 6.21. The lowest BCUT2D eigenvalue weighted by Gasteiger charge is -2.55. The van der Waals surface area contributed by atoms with Crippen molar-refractivity contribution in [3.8, 4) is 0 Å². The maximum atomic E-state index is 6.23. The third kappa shape index (κ3) is 2.89. The van der Waals surface area contributed by atoms with Crippen LogP contribution in [0.4, 0.5) is 0 Å². The molecular weight excluding hydrogens is 276 g/mol. The van der Waals surface area contributed by atoms with Crippen LogP contribution in [0.2, 0.25) is 0 Å². The number of hydrogen-bond donors (Lipinski definition) is 0. The molecule has 0 amide bonds. The smallest absolute Gasteiger partial charge is 0.0653 e. The van der Waals surface area contributed by atoms with Crippen molar-refractivity contribution in [1.82, 2.24) is 0 Å². The zero-order chi connectivity index (χ0) is 12.3. The molecule has 1 spiro atoms. The Balaban J connectivity index is 1.81. The van der Waals surface area contributed by atoms with Gasteiger partial charge in [-0.05, 0) is 31.6 Å². The summed E-state index contributed by atoms with van der Waals surface area (Å²) >= 11 is 3.88.